The van der Waals surface area contributed by atoms with E-state index in [2.05, 4.69) is 31.9 Å². The molecule has 0 unspecified atom stereocenters. The van der Waals surface area contributed by atoms with Gasteiger partial charge in [-0.3, -0.25) is 0 Å². The summed E-state index contributed by atoms with van der Waals surface area (Å²) in [7, 11) is 0. The molecule has 0 aliphatic heterocycles. The summed E-state index contributed by atoms with van der Waals surface area (Å²) in [6.07, 6.45) is 0. The van der Waals surface area contributed by atoms with Crippen molar-refractivity contribution in [3.8, 4) is 5.75 Å². The molecule has 2 N–H and O–H groups in total. The van der Waals surface area contributed by atoms with Gasteiger partial charge in [0.2, 0.25) is 0 Å². The third-order valence-corrected chi connectivity index (χ3v) is 3.49. The van der Waals surface area contributed by atoms with Crippen molar-refractivity contribution < 1.29 is 9.13 Å². The van der Waals surface area contributed by atoms with Crippen LogP contribution >= 0.6 is 31.9 Å². The first-order chi connectivity index (χ1) is 8.58. The second kappa shape index (κ2) is 5.71. The van der Waals surface area contributed by atoms with E-state index in [4.69, 9.17) is 10.5 Å². The number of nitrogen functional groups attached to an aromatic ring is 1. The van der Waals surface area contributed by atoms with Crippen LogP contribution in [-0.2, 0) is 6.61 Å². The summed E-state index contributed by atoms with van der Waals surface area (Å²) in [5.41, 5.74) is 6.78. The summed E-state index contributed by atoms with van der Waals surface area (Å²) in [5.74, 6) is 0.223. The normalized spacial score (nSPS) is 10.4. The number of para-hydroxylation sites is 1. The summed E-state index contributed by atoms with van der Waals surface area (Å²) >= 11 is 6.64. The van der Waals surface area contributed by atoms with E-state index in [1.54, 1.807) is 18.2 Å². The highest BCUT2D eigenvalue weighted by Gasteiger charge is 2.08. The highest BCUT2D eigenvalue weighted by atomic mass is 79.9. The molecule has 0 radical (unpaired) electrons. The van der Waals surface area contributed by atoms with Crippen LogP contribution in [0.2, 0.25) is 0 Å². The smallest absolute Gasteiger partial charge is 0.156 e. The maximum Gasteiger partial charge on any atom is 0.156 e. The van der Waals surface area contributed by atoms with Gasteiger partial charge in [0.15, 0.2) is 5.75 Å². The van der Waals surface area contributed by atoms with E-state index in [1.165, 1.54) is 6.07 Å². The van der Waals surface area contributed by atoms with Crippen LogP contribution in [-0.4, -0.2) is 0 Å². The lowest BCUT2D eigenvalue weighted by molar-refractivity contribution is 0.299. The lowest BCUT2D eigenvalue weighted by Crippen LogP contribution is -2.01. The van der Waals surface area contributed by atoms with Crippen LogP contribution in [0.3, 0.4) is 0 Å². The number of halogens is 3. The molecule has 2 aromatic rings. The van der Waals surface area contributed by atoms with Crippen molar-refractivity contribution in [1.82, 2.24) is 0 Å². The number of benzene rings is 2. The molecule has 0 saturated carbocycles. The van der Waals surface area contributed by atoms with E-state index < -0.39 is 0 Å². The molecule has 0 aromatic heterocycles. The van der Waals surface area contributed by atoms with Crippen LogP contribution < -0.4 is 10.5 Å². The number of nitrogens with two attached hydrogens (primary N) is 1. The molecule has 0 fully saturated rings. The van der Waals surface area contributed by atoms with Gasteiger partial charge >= 0.3 is 0 Å². The standard InChI is InChI=1S/C13H10Br2FNO/c14-9-4-5-11(16)8(6-9)7-18-13-10(15)2-1-3-12(13)17/h1-6H,7,17H2. The Morgan fingerprint density at radius 2 is 1.94 bits per heavy atom. The minimum absolute atomic E-state index is 0.123. The number of ether oxygens (including phenoxy) is 1. The summed E-state index contributed by atoms with van der Waals surface area (Å²) < 4.78 is 20.6. The van der Waals surface area contributed by atoms with Crippen LogP contribution in [0.25, 0.3) is 0 Å². The first-order valence-corrected chi connectivity index (χ1v) is 6.77. The third-order valence-electron chi connectivity index (χ3n) is 2.38. The lowest BCUT2D eigenvalue weighted by Gasteiger charge is -2.11. The van der Waals surface area contributed by atoms with Crippen molar-refractivity contribution in [2.24, 2.45) is 0 Å². The molecule has 5 heteroatoms. The Bertz CT molecular complexity index is 555. The summed E-state index contributed by atoms with van der Waals surface area (Å²) in [6, 6.07) is 10.1. The maximum absolute atomic E-state index is 13.5. The fraction of sp³-hybridized carbons (Fsp3) is 0.0769. The number of hydrogen-bond donors (Lipinski definition) is 1. The predicted octanol–water partition coefficient (Wildman–Crippen LogP) is 4.51. The second-order valence-corrected chi connectivity index (χ2v) is 5.45. The summed E-state index contributed by atoms with van der Waals surface area (Å²) in [6.45, 7) is 0.123. The number of anilines is 1. The molecule has 2 aromatic carbocycles. The van der Waals surface area contributed by atoms with Gasteiger partial charge in [-0.05, 0) is 46.3 Å². The average Bonchev–Trinajstić information content (AvgIpc) is 2.33. The van der Waals surface area contributed by atoms with Gasteiger partial charge in [0.05, 0.1) is 10.2 Å². The SMILES string of the molecule is Nc1cccc(Br)c1OCc1cc(Br)ccc1F. The molecule has 0 atom stereocenters. The van der Waals surface area contributed by atoms with Crippen molar-refractivity contribution in [2.75, 3.05) is 5.73 Å². The van der Waals surface area contributed by atoms with Crippen molar-refractivity contribution in [1.29, 1.82) is 0 Å². The van der Waals surface area contributed by atoms with Crippen molar-refractivity contribution in [2.45, 2.75) is 6.61 Å². The van der Waals surface area contributed by atoms with Gasteiger partial charge in [-0.1, -0.05) is 22.0 Å². The first kappa shape index (κ1) is 13.4. The fourth-order valence-electron chi connectivity index (χ4n) is 1.48. The zero-order valence-corrected chi connectivity index (χ0v) is 12.5. The van der Waals surface area contributed by atoms with Gasteiger partial charge in [-0.15, -0.1) is 0 Å². The van der Waals surface area contributed by atoms with Crippen LogP contribution in [0, 0.1) is 5.82 Å². The Hall–Kier alpha value is -1.07. The molecule has 2 nitrogen and oxygen atoms in total. The van der Waals surface area contributed by atoms with E-state index in [1.807, 2.05) is 12.1 Å². The Balaban J connectivity index is 2.19. The molecule has 0 bridgehead atoms. The molecule has 94 valence electrons. The van der Waals surface area contributed by atoms with Gasteiger partial charge in [0.1, 0.15) is 12.4 Å². The van der Waals surface area contributed by atoms with Gasteiger partial charge in [-0.2, -0.15) is 0 Å². The largest absolute Gasteiger partial charge is 0.485 e. The highest BCUT2D eigenvalue weighted by Crippen LogP contribution is 2.31. The minimum atomic E-state index is -0.302. The maximum atomic E-state index is 13.5. The monoisotopic (exact) mass is 373 g/mol. The molecule has 2 rings (SSSR count). The van der Waals surface area contributed by atoms with Crippen molar-refractivity contribution >= 4 is 37.5 Å². The third kappa shape index (κ3) is 3.03. The van der Waals surface area contributed by atoms with Gasteiger partial charge in [-0.25, -0.2) is 4.39 Å². The summed E-state index contributed by atoms with van der Waals surface area (Å²) in [4.78, 5) is 0. The molecule has 0 aliphatic rings. The van der Waals surface area contributed by atoms with E-state index >= 15 is 0 Å². The van der Waals surface area contributed by atoms with Crippen molar-refractivity contribution in [3.63, 3.8) is 0 Å². The molecule has 0 heterocycles. The van der Waals surface area contributed by atoms with Crippen LogP contribution in [0.1, 0.15) is 5.56 Å². The van der Waals surface area contributed by atoms with E-state index in [9.17, 15) is 4.39 Å². The Morgan fingerprint density at radius 3 is 2.67 bits per heavy atom. The number of rotatable bonds is 3. The predicted molar refractivity (Wildman–Crippen MR) is 77.0 cm³/mol. The van der Waals surface area contributed by atoms with Crippen LogP contribution in [0.5, 0.6) is 5.75 Å². The molecule has 0 saturated heterocycles. The topological polar surface area (TPSA) is 35.2 Å². The highest BCUT2D eigenvalue weighted by molar-refractivity contribution is 9.10. The Labute approximate surface area is 121 Å². The molecular weight excluding hydrogens is 365 g/mol. The van der Waals surface area contributed by atoms with Crippen molar-refractivity contribution in [3.05, 3.63) is 56.7 Å². The van der Waals surface area contributed by atoms with Gasteiger partial charge < -0.3 is 10.5 Å². The average molecular weight is 375 g/mol. The second-order valence-electron chi connectivity index (χ2n) is 3.68. The molecule has 0 aliphatic carbocycles. The summed E-state index contributed by atoms with van der Waals surface area (Å²) in [5, 5.41) is 0. The number of hydrogen-bond acceptors (Lipinski definition) is 2. The van der Waals surface area contributed by atoms with Gasteiger partial charge in [0.25, 0.3) is 0 Å². The molecule has 0 amide bonds. The Morgan fingerprint density at radius 1 is 1.17 bits per heavy atom. The van der Waals surface area contributed by atoms with Crippen LogP contribution in [0.15, 0.2) is 45.3 Å². The van der Waals surface area contributed by atoms with Crippen LogP contribution in [0.4, 0.5) is 10.1 Å². The minimum Gasteiger partial charge on any atom is -0.485 e. The molecule has 0 spiro atoms. The Kier molecular flexibility index (Phi) is 4.24. The molecular formula is C13H10Br2FNO. The quantitative estimate of drug-likeness (QED) is 0.802. The lowest BCUT2D eigenvalue weighted by atomic mass is 10.2. The van der Waals surface area contributed by atoms with E-state index in [0.29, 0.717) is 17.0 Å². The first-order valence-electron chi connectivity index (χ1n) is 5.18. The fourth-order valence-corrected chi connectivity index (χ4v) is 2.39. The van der Waals surface area contributed by atoms with E-state index in [0.717, 1.165) is 8.95 Å². The van der Waals surface area contributed by atoms with Gasteiger partial charge in [0, 0.05) is 10.0 Å². The van der Waals surface area contributed by atoms with E-state index in [-0.39, 0.29) is 12.4 Å². The zero-order valence-electron chi connectivity index (χ0n) is 9.29. The zero-order chi connectivity index (χ0) is 13.1. The molecule has 18 heavy (non-hydrogen) atoms.